The summed E-state index contributed by atoms with van der Waals surface area (Å²) >= 11 is 0. The second kappa shape index (κ2) is 8.67. The third-order valence-electron chi connectivity index (χ3n) is 6.52. The number of amides is 2. The van der Waals surface area contributed by atoms with Crippen molar-refractivity contribution >= 4 is 11.8 Å². The largest absolute Gasteiger partial charge is 0.508 e. The lowest BCUT2D eigenvalue weighted by Crippen LogP contribution is -2.43. The van der Waals surface area contributed by atoms with Crippen LogP contribution in [0.4, 0.5) is 0 Å². The van der Waals surface area contributed by atoms with E-state index in [-0.39, 0.29) is 29.0 Å². The van der Waals surface area contributed by atoms with E-state index in [1.54, 1.807) is 37.5 Å². The van der Waals surface area contributed by atoms with Crippen molar-refractivity contribution in [1.29, 1.82) is 0 Å². The average Bonchev–Trinajstić information content (AvgIpc) is 3.11. The van der Waals surface area contributed by atoms with Gasteiger partial charge >= 0.3 is 0 Å². The molecule has 164 valence electrons. The van der Waals surface area contributed by atoms with Crippen LogP contribution in [0.5, 0.6) is 5.75 Å². The summed E-state index contributed by atoms with van der Waals surface area (Å²) in [6.07, 6.45) is 5.89. The first kappa shape index (κ1) is 21.3. The molecule has 7 nitrogen and oxygen atoms in total. The molecule has 0 aliphatic carbocycles. The van der Waals surface area contributed by atoms with Crippen LogP contribution in [-0.4, -0.2) is 59.1 Å². The predicted octanol–water partition coefficient (Wildman–Crippen LogP) is 2.85. The number of hydrogen-bond acceptors (Lipinski definition) is 5. The molecule has 3 heterocycles. The molecule has 2 aromatic rings. The summed E-state index contributed by atoms with van der Waals surface area (Å²) in [6, 6.07) is 6.72. The molecule has 2 amide bonds. The lowest BCUT2D eigenvalue weighted by Gasteiger charge is -2.33. The molecule has 2 aliphatic heterocycles. The molecule has 2 saturated heterocycles. The normalized spacial score (nSPS) is 20.1. The summed E-state index contributed by atoms with van der Waals surface area (Å²) in [5, 5.41) is 13.1. The van der Waals surface area contributed by atoms with Gasteiger partial charge in [-0.2, -0.15) is 0 Å². The Labute approximate surface area is 182 Å². The second-order valence-corrected chi connectivity index (χ2v) is 8.87. The predicted molar refractivity (Wildman–Crippen MR) is 116 cm³/mol. The van der Waals surface area contributed by atoms with E-state index in [0.717, 1.165) is 30.4 Å². The molecule has 1 aromatic heterocycles. The van der Waals surface area contributed by atoms with E-state index < -0.39 is 0 Å². The minimum Gasteiger partial charge on any atom is -0.508 e. The Bertz CT molecular complexity index is 985. The maximum atomic E-state index is 13.4. The summed E-state index contributed by atoms with van der Waals surface area (Å²) in [5.74, 6) is -0.192. The number of phenols is 1. The highest BCUT2D eigenvalue weighted by Crippen LogP contribution is 2.43. The third-order valence-corrected chi connectivity index (χ3v) is 6.52. The summed E-state index contributed by atoms with van der Waals surface area (Å²) in [5.41, 5.74) is 2.65. The Morgan fingerprint density at radius 3 is 2.68 bits per heavy atom. The minimum absolute atomic E-state index is 0.0148. The molecule has 2 aliphatic rings. The van der Waals surface area contributed by atoms with Crippen LogP contribution in [0.15, 0.2) is 36.7 Å². The molecule has 0 saturated carbocycles. The highest BCUT2D eigenvalue weighted by molar-refractivity contribution is 5.96. The molecule has 1 spiro atoms. The minimum atomic E-state index is -0.190. The number of carbonyl (C=O) groups is 2. The number of rotatable bonds is 4. The van der Waals surface area contributed by atoms with Crippen LogP contribution < -0.4 is 5.32 Å². The van der Waals surface area contributed by atoms with Crippen LogP contribution in [0.3, 0.4) is 0 Å². The Balaban J connectivity index is 1.53. The van der Waals surface area contributed by atoms with Crippen LogP contribution >= 0.6 is 0 Å². The van der Waals surface area contributed by atoms with E-state index >= 15 is 0 Å². The maximum Gasteiger partial charge on any atom is 0.254 e. The van der Waals surface area contributed by atoms with Gasteiger partial charge in [0.15, 0.2) is 0 Å². The molecule has 2 fully saturated rings. The SMILES string of the molecule is Cc1cncc(C(=O)NCC2CC3(CCOCC3)CN2C(=O)c2ccc(C)c(O)c2)c1. The number of ether oxygens (including phenoxy) is 1. The Morgan fingerprint density at radius 2 is 1.97 bits per heavy atom. The summed E-state index contributed by atoms with van der Waals surface area (Å²) in [7, 11) is 0. The fourth-order valence-corrected chi connectivity index (χ4v) is 4.65. The van der Waals surface area contributed by atoms with Crippen molar-refractivity contribution in [2.24, 2.45) is 5.41 Å². The van der Waals surface area contributed by atoms with Gasteiger partial charge in [0.2, 0.25) is 0 Å². The number of hydrogen-bond donors (Lipinski definition) is 2. The van der Waals surface area contributed by atoms with Gasteiger partial charge in [-0.25, -0.2) is 0 Å². The summed E-state index contributed by atoms with van der Waals surface area (Å²) in [4.78, 5) is 32.0. The standard InChI is InChI=1S/C24H29N3O4/c1-16-9-19(13-25-12-16)22(29)26-14-20-11-24(5-7-31-8-6-24)15-27(20)23(30)18-4-3-17(2)21(28)10-18/h3-4,9-10,12-13,20,28H,5-8,11,14-15H2,1-2H3,(H,26,29). The van der Waals surface area contributed by atoms with Crippen LogP contribution in [0.25, 0.3) is 0 Å². The number of phenolic OH excluding ortho intramolecular Hbond substituents is 1. The molecule has 2 N–H and O–H groups in total. The first-order valence-corrected chi connectivity index (χ1v) is 10.8. The highest BCUT2D eigenvalue weighted by atomic mass is 16.5. The Morgan fingerprint density at radius 1 is 1.19 bits per heavy atom. The lowest BCUT2D eigenvalue weighted by molar-refractivity contribution is 0.0190. The van der Waals surface area contributed by atoms with Crippen LogP contribution in [0.2, 0.25) is 0 Å². The van der Waals surface area contributed by atoms with Crippen molar-refractivity contribution in [2.45, 2.75) is 39.2 Å². The van der Waals surface area contributed by atoms with E-state index in [0.29, 0.717) is 37.4 Å². The molecule has 0 bridgehead atoms. The van der Waals surface area contributed by atoms with Crippen molar-refractivity contribution in [2.75, 3.05) is 26.3 Å². The van der Waals surface area contributed by atoms with Crippen LogP contribution in [0, 0.1) is 19.3 Å². The topological polar surface area (TPSA) is 91.8 Å². The van der Waals surface area contributed by atoms with Gasteiger partial charge in [0, 0.05) is 50.3 Å². The number of pyridine rings is 1. The molecular weight excluding hydrogens is 394 g/mol. The van der Waals surface area contributed by atoms with E-state index in [1.807, 2.05) is 11.8 Å². The van der Waals surface area contributed by atoms with E-state index in [4.69, 9.17) is 4.74 Å². The van der Waals surface area contributed by atoms with Crippen molar-refractivity contribution in [3.05, 3.63) is 58.9 Å². The highest BCUT2D eigenvalue weighted by Gasteiger charge is 2.46. The molecular formula is C24H29N3O4. The van der Waals surface area contributed by atoms with E-state index in [9.17, 15) is 14.7 Å². The van der Waals surface area contributed by atoms with Gasteiger partial charge in [0.1, 0.15) is 5.75 Å². The monoisotopic (exact) mass is 423 g/mol. The van der Waals surface area contributed by atoms with Gasteiger partial charge in [-0.05, 0) is 67.9 Å². The number of aromatic hydroxyl groups is 1. The molecule has 7 heteroatoms. The van der Waals surface area contributed by atoms with Gasteiger partial charge in [-0.15, -0.1) is 0 Å². The maximum absolute atomic E-state index is 13.4. The molecule has 1 atom stereocenters. The van der Waals surface area contributed by atoms with Crippen molar-refractivity contribution < 1.29 is 19.4 Å². The van der Waals surface area contributed by atoms with Crippen LogP contribution in [-0.2, 0) is 4.74 Å². The molecule has 31 heavy (non-hydrogen) atoms. The lowest BCUT2D eigenvalue weighted by atomic mass is 9.78. The number of carbonyl (C=O) groups excluding carboxylic acids is 2. The molecule has 1 unspecified atom stereocenters. The fraction of sp³-hybridized carbons (Fsp3) is 0.458. The van der Waals surface area contributed by atoms with Crippen molar-refractivity contribution in [3.8, 4) is 5.75 Å². The first-order valence-electron chi connectivity index (χ1n) is 10.8. The van der Waals surface area contributed by atoms with Gasteiger partial charge in [-0.3, -0.25) is 14.6 Å². The van der Waals surface area contributed by atoms with Gasteiger partial charge in [0.25, 0.3) is 11.8 Å². The zero-order valence-electron chi connectivity index (χ0n) is 18.1. The second-order valence-electron chi connectivity index (χ2n) is 8.87. The molecule has 1 aromatic carbocycles. The average molecular weight is 424 g/mol. The molecule has 4 rings (SSSR count). The quantitative estimate of drug-likeness (QED) is 0.789. The van der Waals surface area contributed by atoms with Crippen molar-refractivity contribution in [1.82, 2.24) is 15.2 Å². The number of benzene rings is 1. The number of nitrogens with one attached hydrogen (secondary N) is 1. The van der Waals surface area contributed by atoms with Gasteiger partial charge in [-0.1, -0.05) is 6.07 Å². The van der Waals surface area contributed by atoms with Crippen molar-refractivity contribution in [3.63, 3.8) is 0 Å². The smallest absolute Gasteiger partial charge is 0.254 e. The van der Waals surface area contributed by atoms with Gasteiger partial charge < -0.3 is 20.1 Å². The number of aromatic nitrogens is 1. The fourth-order valence-electron chi connectivity index (χ4n) is 4.65. The Kier molecular flexibility index (Phi) is 5.96. The zero-order valence-corrected chi connectivity index (χ0v) is 18.1. The number of nitrogens with zero attached hydrogens (tertiary/aromatic N) is 2. The van der Waals surface area contributed by atoms with E-state index in [1.165, 1.54) is 6.07 Å². The summed E-state index contributed by atoms with van der Waals surface area (Å²) < 4.78 is 5.55. The summed E-state index contributed by atoms with van der Waals surface area (Å²) in [6.45, 7) is 6.10. The number of aryl methyl sites for hydroxylation is 2. The third kappa shape index (κ3) is 4.56. The number of likely N-dealkylation sites (tertiary alicyclic amines) is 1. The van der Waals surface area contributed by atoms with E-state index in [2.05, 4.69) is 10.3 Å². The molecule has 0 radical (unpaired) electrons. The first-order chi connectivity index (χ1) is 14.9. The zero-order chi connectivity index (χ0) is 22.0. The Hall–Kier alpha value is -2.93. The van der Waals surface area contributed by atoms with Crippen LogP contribution in [0.1, 0.15) is 51.1 Å². The van der Waals surface area contributed by atoms with Gasteiger partial charge in [0.05, 0.1) is 5.56 Å².